The number of aliphatic hydroxyl groups is 1. The van der Waals surface area contributed by atoms with E-state index < -0.39 is 0 Å². The fourth-order valence-electron chi connectivity index (χ4n) is 2.13. The first-order chi connectivity index (χ1) is 9.76. The molecule has 4 nitrogen and oxygen atoms in total. The van der Waals surface area contributed by atoms with Gasteiger partial charge in [0.2, 0.25) is 5.88 Å². The molecule has 0 saturated heterocycles. The Morgan fingerprint density at radius 1 is 1.15 bits per heavy atom. The number of benzene rings is 1. The molecule has 0 bridgehead atoms. The van der Waals surface area contributed by atoms with Crippen molar-refractivity contribution in [2.24, 2.45) is 0 Å². The molecular weight excluding hydrogens is 252 g/mol. The molecule has 0 saturated carbocycles. The highest BCUT2D eigenvalue weighted by atomic mass is 16.5. The number of pyridine rings is 2. The molecule has 4 heteroatoms. The maximum absolute atomic E-state index is 9.23. The van der Waals surface area contributed by atoms with Gasteiger partial charge in [-0.1, -0.05) is 6.07 Å². The third kappa shape index (κ3) is 2.46. The lowest BCUT2D eigenvalue weighted by Gasteiger charge is -2.09. The van der Waals surface area contributed by atoms with E-state index in [0.717, 1.165) is 22.2 Å². The number of ether oxygens (including phenoxy) is 1. The van der Waals surface area contributed by atoms with Crippen LogP contribution >= 0.6 is 0 Å². The lowest BCUT2D eigenvalue weighted by Crippen LogP contribution is -1.94. The minimum absolute atomic E-state index is 0.0309. The summed E-state index contributed by atoms with van der Waals surface area (Å²) in [5, 5.41) is 10.2. The minimum atomic E-state index is -0.0309. The molecule has 0 radical (unpaired) electrons. The summed E-state index contributed by atoms with van der Waals surface area (Å²) in [6.07, 6.45) is 1.75. The number of aliphatic hydroxyl groups excluding tert-OH is 1. The van der Waals surface area contributed by atoms with Crippen LogP contribution in [0.5, 0.6) is 11.6 Å². The molecular formula is C16H14N2O2. The van der Waals surface area contributed by atoms with Gasteiger partial charge in [-0.25, -0.2) is 4.98 Å². The van der Waals surface area contributed by atoms with Crippen LogP contribution in [0.2, 0.25) is 0 Å². The highest BCUT2D eigenvalue weighted by Crippen LogP contribution is 2.28. The molecule has 3 rings (SSSR count). The van der Waals surface area contributed by atoms with Gasteiger partial charge in [-0.2, -0.15) is 0 Å². The van der Waals surface area contributed by atoms with Crippen LogP contribution in [-0.4, -0.2) is 15.1 Å². The molecule has 0 unspecified atom stereocenters. The van der Waals surface area contributed by atoms with Crippen LogP contribution in [0.25, 0.3) is 10.9 Å². The molecule has 0 spiro atoms. The number of hydrogen-bond donors (Lipinski definition) is 1. The zero-order valence-corrected chi connectivity index (χ0v) is 11.1. The highest BCUT2D eigenvalue weighted by Gasteiger charge is 2.06. The fourth-order valence-corrected chi connectivity index (χ4v) is 2.13. The second-order valence-corrected chi connectivity index (χ2v) is 4.54. The second-order valence-electron chi connectivity index (χ2n) is 4.54. The minimum Gasteiger partial charge on any atom is -0.438 e. The number of rotatable bonds is 3. The molecule has 0 amide bonds. The van der Waals surface area contributed by atoms with Crippen molar-refractivity contribution < 1.29 is 9.84 Å². The van der Waals surface area contributed by atoms with Crippen LogP contribution in [0.15, 0.2) is 48.7 Å². The summed E-state index contributed by atoms with van der Waals surface area (Å²) in [6.45, 7) is 1.84. The van der Waals surface area contributed by atoms with Crippen molar-refractivity contribution in [2.75, 3.05) is 0 Å². The first kappa shape index (κ1) is 12.6. The fraction of sp³-hybridized carbons (Fsp3) is 0.125. The van der Waals surface area contributed by atoms with Gasteiger partial charge in [0.15, 0.2) is 0 Å². The van der Waals surface area contributed by atoms with Gasteiger partial charge in [0.25, 0.3) is 0 Å². The predicted octanol–water partition coefficient (Wildman–Crippen LogP) is 3.22. The third-order valence-electron chi connectivity index (χ3n) is 2.99. The van der Waals surface area contributed by atoms with Crippen LogP contribution in [0, 0.1) is 6.92 Å². The van der Waals surface area contributed by atoms with Crippen molar-refractivity contribution >= 4 is 10.9 Å². The molecule has 100 valence electrons. The van der Waals surface area contributed by atoms with Gasteiger partial charge >= 0.3 is 0 Å². The molecule has 0 aliphatic rings. The van der Waals surface area contributed by atoms with Crippen molar-refractivity contribution in [3.05, 3.63) is 59.9 Å². The Labute approximate surface area is 116 Å². The Hall–Kier alpha value is -2.46. The average molecular weight is 266 g/mol. The van der Waals surface area contributed by atoms with Crippen molar-refractivity contribution in [3.8, 4) is 11.6 Å². The number of aryl methyl sites for hydroxylation is 1. The van der Waals surface area contributed by atoms with E-state index in [0.29, 0.717) is 11.6 Å². The number of aromatic nitrogens is 2. The predicted molar refractivity (Wildman–Crippen MR) is 76.7 cm³/mol. The molecule has 2 heterocycles. The smallest absolute Gasteiger partial charge is 0.219 e. The van der Waals surface area contributed by atoms with Crippen molar-refractivity contribution in [3.63, 3.8) is 0 Å². The molecule has 0 aliphatic carbocycles. The number of fused-ring (bicyclic) bond motifs is 1. The summed E-state index contributed by atoms with van der Waals surface area (Å²) in [5.74, 6) is 1.18. The monoisotopic (exact) mass is 266 g/mol. The summed E-state index contributed by atoms with van der Waals surface area (Å²) >= 11 is 0. The molecule has 1 aromatic carbocycles. The van der Waals surface area contributed by atoms with E-state index >= 15 is 0 Å². The van der Waals surface area contributed by atoms with Crippen LogP contribution in [0.1, 0.15) is 11.3 Å². The first-order valence-electron chi connectivity index (χ1n) is 6.36. The van der Waals surface area contributed by atoms with Gasteiger partial charge in [0.1, 0.15) is 5.75 Å². The summed E-state index contributed by atoms with van der Waals surface area (Å²) < 4.78 is 5.85. The first-order valence-corrected chi connectivity index (χ1v) is 6.36. The topological polar surface area (TPSA) is 55.2 Å². The van der Waals surface area contributed by atoms with E-state index in [1.54, 1.807) is 12.3 Å². The standard InChI is InChI=1S/C16H14N2O2/c1-11-8-12(10-19)9-16(18-11)20-15-6-2-5-14-13(15)4-3-7-17-14/h2-9,19H,10H2,1H3. The van der Waals surface area contributed by atoms with E-state index in [9.17, 15) is 5.11 Å². The highest BCUT2D eigenvalue weighted by molar-refractivity contribution is 5.85. The molecule has 20 heavy (non-hydrogen) atoms. The van der Waals surface area contributed by atoms with Crippen molar-refractivity contribution in [2.45, 2.75) is 13.5 Å². The van der Waals surface area contributed by atoms with E-state index in [-0.39, 0.29) is 6.61 Å². The van der Waals surface area contributed by atoms with Gasteiger partial charge in [-0.15, -0.1) is 0 Å². The van der Waals surface area contributed by atoms with Gasteiger partial charge in [-0.05, 0) is 42.8 Å². The lowest BCUT2D eigenvalue weighted by atomic mass is 10.2. The van der Waals surface area contributed by atoms with Crippen molar-refractivity contribution in [1.29, 1.82) is 0 Å². The van der Waals surface area contributed by atoms with Crippen LogP contribution < -0.4 is 4.74 Å². The van der Waals surface area contributed by atoms with Gasteiger partial charge in [0.05, 0.1) is 12.1 Å². The zero-order chi connectivity index (χ0) is 13.9. The van der Waals surface area contributed by atoms with Crippen molar-refractivity contribution in [1.82, 2.24) is 9.97 Å². The SMILES string of the molecule is Cc1cc(CO)cc(Oc2cccc3ncccc23)n1. The normalized spacial score (nSPS) is 10.7. The Kier molecular flexibility index (Phi) is 3.31. The van der Waals surface area contributed by atoms with Gasteiger partial charge < -0.3 is 9.84 Å². The lowest BCUT2D eigenvalue weighted by molar-refractivity contribution is 0.281. The van der Waals surface area contributed by atoms with Crippen LogP contribution in [-0.2, 0) is 6.61 Å². The molecule has 0 aliphatic heterocycles. The maximum Gasteiger partial charge on any atom is 0.219 e. The molecule has 1 N–H and O–H groups in total. The Morgan fingerprint density at radius 3 is 2.90 bits per heavy atom. The zero-order valence-electron chi connectivity index (χ0n) is 11.1. The summed E-state index contributed by atoms with van der Waals surface area (Å²) in [6, 6.07) is 13.1. The quantitative estimate of drug-likeness (QED) is 0.790. The van der Waals surface area contributed by atoms with E-state index in [4.69, 9.17) is 4.74 Å². The molecule has 2 aromatic heterocycles. The van der Waals surface area contributed by atoms with E-state index in [2.05, 4.69) is 9.97 Å². The Morgan fingerprint density at radius 2 is 2.05 bits per heavy atom. The number of nitrogens with zero attached hydrogens (tertiary/aromatic N) is 2. The maximum atomic E-state index is 9.23. The second kappa shape index (κ2) is 5.27. The molecule has 0 atom stereocenters. The van der Waals surface area contributed by atoms with Crippen LogP contribution in [0.3, 0.4) is 0 Å². The summed E-state index contributed by atoms with van der Waals surface area (Å²) in [5.41, 5.74) is 2.47. The van der Waals surface area contributed by atoms with Crippen LogP contribution in [0.4, 0.5) is 0 Å². The Balaban J connectivity index is 2.03. The van der Waals surface area contributed by atoms with E-state index in [1.165, 1.54) is 0 Å². The van der Waals surface area contributed by atoms with E-state index in [1.807, 2.05) is 43.3 Å². The van der Waals surface area contributed by atoms with Gasteiger partial charge in [0, 0.05) is 23.3 Å². The third-order valence-corrected chi connectivity index (χ3v) is 2.99. The van der Waals surface area contributed by atoms with Gasteiger partial charge in [-0.3, -0.25) is 4.98 Å². The molecule has 0 fully saturated rings. The molecule has 3 aromatic rings. The number of hydrogen-bond acceptors (Lipinski definition) is 4. The summed E-state index contributed by atoms with van der Waals surface area (Å²) in [4.78, 5) is 8.62. The average Bonchev–Trinajstić information content (AvgIpc) is 2.47. The largest absolute Gasteiger partial charge is 0.438 e. The Bertz CT molecular complexity index is 751. The summed E-state index contributed by atoms with van der Waals surface area (Å²) in [7, 11) is 0.